The molecule has 0 unspecified atom stereocenters. The Bertz CT molecular complexity index is 587. The van der Waals surface area contributed by atoms with Gasteiger partial charge in [-0.2, -0.15) is 0 Å². The summed E-state index contributed by atoms with van der Waals surface area (Å²) in [6, 6.07) is 7.70. The molecule has 0 N–H and O–H groups in total. The van der Waals surface area contributed by atoms with Crippen molar-refractivity contribution < 1.29 is 17.9 Å². The van der Waals surface area contributed by atoms with Gasteiger partial charge < -0.3 is 4.74 Å². The smallest absolute Gasteiger partial charge is 0.165 e. The van der Waals surface area contributed by atoms with Crippen molar-refractivity contribution in [1.29, 1.82) is 0 Å². The van der Waals surface area contributed by atoms with Crippen molar-refractivity contribution >= 4 is 11.6 Å². The van der Waals surface area contributed by atoms with Crippen LogP contribution in [0.4, 0.5) is 13.2 Å². The summed E-state index contributed by atoms with van der Waals surface area (Å²) in [5.74, 6) is -1.89. The van der Waals surface area contributed by atoms with Gasteiger partial charge >= 0.3 is 0 Å². The largest absolute Gasteiger partial charge is 0.488 e. The summed E-state index contributed by atoms with van der Waals surface area (Å²) in [6.07, 6.45) is 0. The molecule has 0 aliphatic carbocycles. The highest BCUT2D eigenvalue weighted by Gasteiger charge is 2.10. The van der Waals surface area contributed by atoms with Crippen molar-refractivity contribution in [2.75, 3.05) is 0 Å². The van der Waals surface area contributed by atoms with Crippen LogP contribution in [-0.2, 0) is 12.5 Å². The molecule has 0 bridgehead atoms. The molecule has 0 amide bonds. The summed E-state index contributed by atoms with van der Waals surface area (Å²) in [7, 11) is 0. The van der Waals surface area contributed by atoms with Gasteiger partial charge in [-0.1, -0.05) is 12.1 Å². The number of benzene rings is 2. The topological polar surface area (TPSA) is 9.23 Å². The first-order chi connectivity index (χ1) is 9.11. The number of hydrogen-bond acceptors (Lipinski definition) is 1. The fraction of sp³-hybridized carbons (Fsp3) is 0.143. The fourth-order valence-electron chi connectivity index (χ4n) is 1.61. The third-order valence-electron chi connectivity index (χ3n) is 2.58. The predicted molar refractivity (Wildman–Crippen MR) is 66.6 cm³/mol. The van der Waals surface area contributed by atoms with Crippen molar-refractivity contribution in [3.8, 4) is 5.75 Å². The van der Waals surface area contributed by atoms with Gasteiger partial charge in [0.15, 0.2) is 11.6 Å². The van der Waals surface area contributed by atoms with E-state index in [0.29, 0.717) is 11.3 Å². The average Bonchev–Trinajstić information content (AvgIpc) is 2.41. The third-order valence-corrected chi connectivity index (χ3v) is 2.87. The predicted octanol–water partition coefficient (Wildman–Crippen LogP) is 4.42. The maximum atomic E-state index is 13.4. The summed E-state index contributed by atoms with van der Waals surface area (Å²) in [6.45, 7) is -0.154. The minimum Gasteiger partial charge on any atom is -0.488 e. The van der Waals surface area contributed by atoms with E-state index in [1.807, 2.05) is 0 Å². The minimum atomic E-state index is -0.947. The van der Waals surface area contributed by atoms with E-state index in [4.69, 9.17) is 16.3 Å². The van der Waals surface area contributed by atoms with E-state index < -0.39 is 17.5 Å². The first-order valence-corrected chi connectivity index (χ1v) is 6.05. The molecular formula is C14H10ClF3O. The summed E-state index contributed by atoms with van der Waals surface area (Å²) in [5.41, 5.74) is 0.545. The van der Waals surface area contributed by atoms with Gasteiger partial charge in [0.1, 0.15) is 18.2 Å². The summed E-state index contributed by atoms with van der Waals surface area (Å²) >= 11 is 5.66. The number of alkyl halides is 1. The van der Waals surface area contributed by atoms with E-state index in [2.05, 4.69) is 0 Å². The molecule has 100 valence electrons. The third kappa shape index (κ3) is 3.20. The lowest BCUT2D eigenvalue weighted by molar-refractivity contribution is 0.294. The molecular weight excluding hydrogens is 277 g/mol. The molecule has 0 aliphatic rings. The first kappa shape index (κ1) is 13.7. The van der Waals surface area contributed by atoms with E-state index >= 15 is 0 Å². The standard InChI is InChI=1S/C14H10ClF3O/c15-7-10-6-11(16)4-5-13(10)19-8-9-2-1-3-12(17)14(9)18/h1-6H,7-8H2. The Morgan fingerprint density at radius 2 is 1.79 bits per heavy atom. The highest BCUT2D eigenvalue weighted by atomic mass is 35.5. The van der Waals surface area contributed by atoms with Crippen LogP contribution in [0, 0.1) is 17.5 Å². The second-order valence-corrected chi connectivity index (χ2v) is 4.15. The maximum absolute atomic E-state index is 13.4. The van der Waals surface area contributed by atoms with Gasteiger partial charge in [-0.05, 0) is 24.3 Å². The molecule has 2 rings (SSSR count). The van der Waals surface area contributed by atoms with Gasteiger partial charge in [-0.15, -0.1) is 11.6 Å². The lowest BCUT2D eigenvalue weighted by atomic mass is 10.2. The Hall–Kier alpha value is -1.68. The van der Waals surface area contributed by atoms with Gasteiger partial charge in [-0.25, -0.2) is 13.2 Å². The minimum absolute atomic E-state index is 0.0682. The summed E-state index contributed by atoms with van der Waals surface area (Å²) in [4.78, 5) is 0. The van der Waals surface area contributed by atoms with Crippen LogP contribution in [0.3, 0.4) is 0 Å². The molecule has 19 heavy (non-hydrogen) atoms. The number of halogens is 4. The van der Waals surface area contributed by atoms with Crippen LogP contribution in [0.1, 0.15) is 11.1 Å². The lowest BCUT2D eigenvalue weighted by Crippen LogP contribution is -2.02. The van der Waals surface area contributed by atoms with Gasteiger partial charge in [0.05, 0.1) is 5.88 Å². The second kappa shape index (κ2) is 5.97. The zero-order valence-electron chi connectivity index (χ0n) is 9.80. The van der Waals surface area contributed by atoms with Crippen LogP contribution < -0.4 is 4.74 Å². The number of rotatable bonds is 4. The molecule has 0 atom stereocenters. The van der Waals surface area contributed by atoms with Crippen LogP contribution in [0.25, 0.3) is 0 Å². The molecule has 0 spiro atoms. The zero-order chi connectivity index (χ0) is 13.8. The van der Waals surface area contributed by atoms with E-state index in [-0.39, 0.29) is 18.1 Å². The normalized spacial score (nSPS) is 10.5. The Morgan fingerprint density at radius 1 is 1.00 bits per heavy atom. The molecule has 0 heterocycles. The molecule has 0 saturated carbocycles. The lowest BCUT2D eigenvalue weighted by Gasteiger charge is -2.10. The van der Waals surface area contributed by atoms with Crippen molar-refractivity contribution in [1.82, 2.24) is 0 Å². The molecule has 2 aromatic rings. The molecule has 1 nitrogen and oxygen atoms in total. The van der Waals surface area contributed by atoms with Crippen LogP contribution in [0.15, 0.2) is 36.4 Å². The van der Waals surface area contributed by atoms with Crippen LogP contribution in [0.2, 0.25) is 0 Å². The van der Waals surface area contributed by atoms with Crippen molar-refractivity contribution in [2.24, 2.45) is 0 Å². The van der Waals surface area contributed by atoms with Gasteiger partial charge in [0, 0.05) is 11.1 Å². The Morgan fingerprint density at radius 3 is 2.53 bits per heavy atom. The molecule has 0 fully saturated rings. The van der Waals surface area contributed by atoms with Crippen molar-refractivity contribution in [2.45, 2.75) is 12.5 Å². The highest BCUT2D eigenvalue weighted by molar-refractivity contribution is 6.17. The first-order valence-electron chi connectivity index (χ1n) is 5.52. The molecule has 0 radical (unpaired) electrons. The van der Waals surface area contributed by atoms with Crippen LogP contribution in [0.5, 0.6) is 5.75 Å². The van der Waals surface area contributed by atoms with Gasteiger partial charge in [0.25, 0.3) is 0 Å². The van der Waals surface area contributed by atoms with E-state index in [1.54, 1.807) is 0 Å². The summed E-state index contributed by atoms with van der Waals surface area (Å²) < 4.78 is 44.7. The Kier molecular flexibility index (Phi) is 4.32. The monoisotopic (exact) mass is 286 g/mol. The SMILES string of the molecule is Fc1ccc(OCc2cccc(F)c2F)c(CCl)c1. The highest BCUT2D eigenvalue weighted by Crippen LogP contribution is 2.23. The Balaban J connectivity index is 2.17. The van der Waals surface area contributed by atoms with Crippen molar-refractivity contribution in [3.63, 3.8) is 0 Å². The second-order valence-electron chi connectivity index (χ2n) is 3.89. The van der Waals surface area contributed by atoms with Gasteiger partial charge in [-0.3, -0.25) is 0 Å². The van der Waals surface area contributed by atoms with E-state index in [0.717, 1.165) is 6.07 Å². The fourth-order valence-corrected chi connectivity index (χ4v) is 1.82. The molecule has 0 saturated heterocycles. The van der Waals surface area contributed by atoms with Crippen LogP contribution >= 0.6 is 11.6 Å². The molecule has 0 aromatic heterocycles. The quantitative estimate of drug-likeness (QED) is 0.756. The Labute approximate surface area is 113 Å². The molecule has 2 aromatic carbocycles. The molecule has 0 aliphatic heterocycles. The van der Waals surface area contributed by atoms with Crippen molar-refractivity contribution in [3.05, 3.63) is 65.0 Å². The van der Waals surface area contributed by atoms with E-state index in [9.17, 15) is 13.2 Å². The average molecular weight is 287 g/mol. The van der Waals surface area contributed by atoms with E-state index in [1.165, 1.54) is 30.3 Å². The van der Waals surface area contributed by atoms with Gasteiger partial charge in [0.2, 0.25) is 0 Å². The molecule has 5 heteroatoms. The number of hydrogen-bond donors (Lipinski definition) is 0. The van der Waals surface area contributed by atoms with Crippen LogP contribution in [-0.4, -0.2) is 0 Å². The maximum Gasteiger partial charge on any atom is 0.165 e. The summed E-state index contributed by atoms with van der Waals surface area (Å²) in [5, 5.41) is 0. The number of ether oxygens (including phenoxy) is 1. The zero-order valence-corrected chi connectivity index (χ0v) is 10.6.